The highest BCUT2D eigenvalue weighted by molar-refractivity contribution is 5.70. The van der Waals surface area contributed by atoms with Crippen molar-refractivity contribution in [2.24, 2.45) is 0 Å². The van der Waals surface area contributed by atoms with Crippen LogP contribution in [0.1, 0.15) is 22.5 Å². The van der Waals surface area contributed by atoms with E-state index in [2.05, 4.69) is 15.2 Å². The Morgan fingerprint density at radius 2 is 1.96 bits per heavy atom. The molecule has 2 aromatic carbocycles. The van der Waals surface area contributed by atoms with Crippen molar-refractivity contribution in [2.45, 2.75) is 12.6 Å². The average Bonchev–Trinajstić information content (AvgIpc) is 2.98. The van der Waals surface area contributed by atoms with Crippen molar-refractivity contribution in [3.05, 3.63) is 64.7 Å². The van der Waals surface area contributed by atoms with E-state index < -0.39 is 23.1 Å². The summed E-state index contributed by atoms with van der Waals surface area (Å²) in [6, 6.07) is 9.05. The number of H-pyrrole nitrogens is 1. The molecule has 9 heteroatoms. The van der Waals surface area contributed by atoms with Gasteiger partial charge in [0.2, 0.25) is 5.95 Å². The maximum absolute atomic E-state index is 14.6. The van der Waals surface area contributed by atoms with Crippen LogP contribution in [0, 0.1) is 17.1 Å². The lowest BCUT2D eigenvalue weighted by Gasteiger charge is -2.16. The summed E-state index contributed by atoms with van der Waals surface area (Å²) >= 11 is 0. The Bertz CT molecular complexity index is 1000. The van der Waals surface area contributed by atoms with Gasteiger partial charge in [-0.3, -0.25) is 5.10 Å². The van der Waals surface area contributed by atoms with Gasteiger partial charge in [-0.05, 0) is 35.4 Å². The number of hydrogen-bond donors (Lipinski definition) is 2. The molecule has 1 aromatic heterocycles. The molecule has 0 fully saturated rings. The van der Waals surface area contributed by atoms with Gasteiger partial charge in [-0.25, -0.2) is 4.39 Å². The quantitative estimate of drug-likeness (QED) is 0.696. The molecule has 0 aliphatic rings. The van der Waals surface area contributed by atoms with Gasteiger partial charge in [0.15, 0.2) is 0 Å². The lowest BCUT2D eigenvalue weighted by Crippen LogP contribution is -2.10. The number of nitriles is 1. The summed E-state index contributed by atoms with van der Waals surface area (Å²) in [4.78, 5) is 3.80. The molecule has 3 N–H and O–H groups in total. The van der Waals surface area contributed by atoms with Crippen LogP contribution < -0.4 is 5.73 Å². The highest BCUT2D eigenvalue weighted by Gasteiger charge is 2.35. The Hall–Kier alpha value is -3.41. The van der Waals surface area contributed by atoms with E-state index in [1.165, 1.54) is 24.3 Å². The highest BCUT2D eigenvalue weighted by Crippen LogP contribution is 2.39. The summed E-state index contributed by atoms with van der Waals surface area (Å²) in [5, 5.41) is 15.0. The number of nitrogens with two attached hydrogens (primary N) is 1. The first-order valence-electron chi connectivity index (χ1n) is 7.35. The molecule has 1 heterocycles. The van der Waals surface area contributed by atoms with Gasteiger partial charge in [0, 0.05) is 12.0 Å². The standard InChI is InChI=1S/C17H11F4N5/c18-13-6-10(7-14-24-16(23)26-25-14)5-12(17(19,20)21)15(13)11-3-1-2-9(4-11)8-22/h1-6H,7H2,(H3,23,24,25,26). The fraction of sp³-hybridized carbons (Fsp3) is 0.118. The van der Waals surface area contributed by atoms with E-state index in [1.807, 2.05) is 6.07 Å². The molecule has 3 aromatic rings. The third-order valence-electron chi connectivity index (χ3n) is 3.66. The molecule has 26 heavy (non-hydrogen) atoms. The fourth-order valence-electron chi connectivity index (χ4n) is 2.61. The molecule has 0 radical (unpaired) electrons. The second-order valence-electron chi connectivity index (χ2n) is 5.51. The number of nitrogens with zero attached hydrogens (tertiary/aromatic N) is 3. The van der Waals surface area contributed by atoms with E-state index in [-0.39, 0.29) is 34.9 Å². The summed E-state index contributed by atoms with van der Waals surface area (Å²) in [7, 11) is 0. The van der Waals surface area contributed by atoms with E-state index in [4.69, 9.17) is 11.0 Å². The van der Waals surface area contributed by atoms with E-state index in [9.17, 15) is 17.6 Å². The zero-order valence-electron chi connectivity index (χ0n) is 13.1. The number of anilines is 1. The lowest BCUT2D eigenvalue weighted by molar-refractivity contribution is -0.137. The van der Waals surface area contributed by atoms with Gasteiger partial charge in [-0.15, -0.1) is 5.10 Å². The Balaban J connectivity index is 2.14. The van der Waals surface area contributed by atoms with Gasteiger partial charge in [0.1, 0.15) is 11.6 Å². The predicted molar refractivity (Wildman–Crippen MR) is 85.2 cm³/mol. The molecule has 0 spiro atoms. The number of halogens is 4. The summed E-state index contributed by atoms with van der Waals surface area (Å²) in [6.45, 7) is 0. The number of aromatic nitrogens is 3. The van der Waals surface area contributed by atoms with Gasteiger partial charge in [-0.1, -0.05) is 12.1 Å². The monoisotopic (exact) mass is 361 g/mol. The molecule has 0 aliphatic carbocycles. The number of nitrogen functional groups attached to an aromatic ring is 1. The Kier molecular flexibility index (Phi) is 4.34. The molecule has 0 unspecified atom stereocenters. The number of hydrogen-bond acceptors (Lipinski definition) is 4. The average molecular weight is 361 g/mol. The van der Waals surface area contributed by atoms with Crippen molar-refractivity contribution in [1.82, 2.24) is 15.2 Å². The Labute approximate surface area is 145 Å². The minimum atomic E-state index is -4.78. The van der Waals surface area contributed by atoms with Crippen LogP contribution >= 0.6 is 0 Å². The van der Waals surface area contributed by atoms with Crippen LogP contribution in [0.5, 0.6) is 0 Å². The first-order valence-corrected chi connectivity index (χ1v) is 7.35. The normalized spacial score (nSPS) is 11.3. The van der Waals surface area contributed by atoms with Crippen molar-refractivity contribution in [3.63, 3.8) is 0 Å². The molecule has 0 amide bonds. The lowest BCUT2D eigenvalue weighted by atomic mass is 9.94. The largest absolute Gasteiger partial charge is 0.417 e. The second-order valence-corrected chi connectivity index (χ2v) is 5.51. The fourth-order valence-corrected chi connectivity index (χ4v) is 2.61. The Morgan fingerprint density at radius 1 is 1.19 bits per heavy atom. The van der Waals surface area contributed by atoms with Crippen LogP contribution in [0.2, 0.25) is 0 Å². The zero-order chi connectivity index (χ0) is 18.9. The first kappa shape index (κ1) is 17.4. The number of benzene rings is 2. The van der Waals surface area contributed by atoms with Gasteiger partial charge in [-0.2, -0.15) is 23.4 Å². The number of rotatable bonds is 3. The van der Waals surface area contributed by atoms with Gasteiger partial charge in [0.05, 0.1) is 17.2 Å². The zero-order valence-corrected chi connectivity index (χ0v) is 13.1. The Morgan fingerprint density at radius 3 is 2.58 bits per heavy atom. The maximum atomic E-state index is 14.6. The SMILES string of the molecule is N#Cc1cccc(-c2c(F)cc(Cc3nc(N)n[nH]3)cc2C(F)(F)F)c1. The van der Waals surface area contributed by atoms with Crippen LogP contribution in [0.3, 0.4) is 0 Å². The predicted octanol–water partition coefficient (Wildman–Crippen LogP) is 3.67. The number of nitrogens with one attached hydrogen (secondary N) is 1. The van der Waals surface area contributed by atoms with Crippen molar-refractivity contribution < 1.29 is 17.6 Å². The van der Waals surface area contributed by atoms with Crippen molar-refractivity contribution in [3.8, 4) is 17.2 Å². The first-order chi connectivity index (χ1) is 12.3. The summed E-state index contributed by atoms with van der Waals surface area (Å²) < 4.78 is 55.2. The summed E-state index contributed by atoms with van der Waals surface area (Å²) in [5.74, 6) is -0.881. The molecule has 0 saturated heterocycles. The van der Waals surface area contributed by atoms with Crippen molar-refractivity contribution in [1.29, 1.82) is 5.26 Å². The van der Waals surface area contributed by atoms with E-state index in [1.54, 1.807) is 0 Å². The number of aromatic amines is 1. The van der Waals surface area contributed by atoms with E-state index >= 15 is 0 Å². The third-order valence-corrected chi connectivity index (χ3v) is 3.66. The number of alkyl halides is 3. The molecule has 0 aliphatic heterocycles. The van der Waals surface area contributed by atoms with Crippen LogP contribution in [0.4, 0.5) is 23.5 Å². The van der Waals surface area contributed by atoms with Crippen LogP contribution in [-0.4, -0.2) is 15.2 Å². The summed E-state index contributed by atoms with van der Waals surface area (Å²) in [6.07, 6.45) is -4.88. The second kappa shape index (κ2) is 6.48. The topological polar surface area (TPSA) is 91.4 Å². The smallest absolute Gasteiger partial charge is 0.367 e. The molecular formula is C17H11F4N5. The molecule has 0 bridgehead atoms. The van der Waals surface area contributed by atoms with Gasteiger partial charge < -0.3 is 5.73 Å². The molecule has 132 valence electrons. The minimum Gasteiger partial charge on any atom is -0.367 e. The third kappa shape index (κ3) is 3.49. The minimum absolute atomic E-state index is 0.0238. The maximum Gasteiger partial charge on any atom is 0.417 e. The van der Waals surface area contributed by atoms with E-state index in [0.29, 0.717) is 0 Å². The molecule has 5 nitrogen and oxygen atoms in total. The van der Waals surface area contributed by atoms with Crippen molar-refractivity contribution in [2.75, 3.05) is 5.73 Å². The van der Waals surface area contributed by atoms with Crippen molar-refractivity contribution >= 4 is 5.95 Å². The molecule has 3 rings (SSSR count). The van der Waals surface area contributed by atoms with Gasteiger partial charge >= 0.3 is 6.18 Å². The van der Waals surface area contributed by atoms with Crippen LogP contribution in [-0.2, 0) is 12.6 Å². The summed E-state index contributed by atoms with van der Waals surface area (Å²) in [5.41, 5.74) is 3.80. The van der Waals surface area contributed by atoms with Gasteiger partial charge in [0.25, 0.3) is 0 Å². The molecular weight excluding hydrogens is 350 g/mol. The highest BCUT2D eigenvalue weighted by atomic mass is 19.4. The molecule has 0 atom stereocenters. The van der Waals surface area contributed by atoms with Crippen LogP contribution in [0.15, 0.2) is 36.4 Å². The van der Waals surface area contributed by atoms with E-state index in [0.717, 1.165) is 12.1 Å². The van der Waals surface area contributed by atoms with Crippen LogP contribution in [0.25, 0.3) is 11.1 Å². The molecule has 0 saturated carbocycles.